The van der Waals surface area contributed by atoms with Crippen LogP contribution < -0.4 is 0 Å². The minimum Gasteiger partial charge on any atom is -0.293 e. The lowest BCUT2D eigenvalue weighted by atomic mass is 10.1. The molecule has 0 saturated carbocycles. The molecule has 0 fully saturated rings. The van der Waals surface area contributed by atoms with Crippen LogP contribution in [0.15, 0.2) is 23.1 Å². The standard InChI is InChI=1S/C10H8ClNO3S/c1-16(14,15)7-2-3-9(11)8(6-7)10(13)4-5-12/h2-3,6H,4H2,1H3. The molecule has 0 amide bonds. The zero-order valence-electron chi connectivity index (χ0n) is 8.40. The van der Waals surface area contributed by atoms with Crippen molar-refractivity contribution in [2.75, 3.05) is 6.26 Å². The fourth-order valence-electron chi connectivity index (χ4n) is 1.12. The average Bonchev–Trinajstić information content (AvgIpc) is 2.16. The van der Waals surface area contributed by atoms with Crippen LogP contribution in [0.3, 0.4) is 0 Å². The third kappa shape index (κ3) is 2.81. The van der Waals surface area contributed by atoms with E-state index in [4.69, 9.17) is 16.9 Å². The summed E-state index contributed by atoms with van der Waals surface area (Å²) >= 11 is 5.75. The van der Waals surface area contributed by atoms with Crippen LogP contribution in [0.2, 0.25) is 5.02 Å². The first-order valence-electron chi connectivity index (χ1n) is 4.26. The Morgan fingerprint density at radius 3 is 2.62 bits per heavy atom. The number of carbonyl (C=O) groups excluding carboxylic acids is 1. The molecule has 1 aromatic carbocycles. The summed E-state index contributed by atoms with van der Waals surface area (Å²) in [4.78, 5) is 11.5. The number of ketones is 1. The summed E-state index contributed by atoms with van der Waals surface area (Å²) in [5, 5.41) is 8.53. The van der Waals surface area contributed by atoms with Crippen LogP contribution in [-0.4, -0.2) is 20.5 Å². The number of Topliss-reactive ketones (excluding diaryl/α,β-unsaturated/α-hetero) is 1. The Balaban J connectivity index is 3.31. The Labute approximate surface area is 98.4 Å². The maximum Gasteiger partial charge on any atom is 0.178 e. The van der Waals surface area contributed by atoms with E-state index in [0.717, 1.165) is 6.26 Å². The molecule has 16 heavy (non-hydrogen) atoms. The normalized spacial score (nSPS) is 10.8. The van der Waals surface area contributed by atoms with Crippen molar-refractivity contribution in [1.82, 2.24) is 0 Å². The maximum absolute atomic E-state index is 11.4. The van der Waals surface area contributed by atoms with E-state index in [-0.39, 0.29) is 21.9 Å². The van der Waals surface area contributed by atoms with E-state index in [1.807, 2.05) is 0 Å². The molecule has 6 heteroatoms. The van der Waals surface area contributed by atoms with Gasteiger partial charge in [-0.25, -0.2) is 8.42 Å². The zero-order chi connectivity index (χ0) is 12.3. The summed E-state index contributed by atoms with van der Waals surface area (Å²) in [6, 6.07) is 5.54. The molecule has 0 aliphatic carbocycles. The number of sulfone groups is 1. The average molecular weight is 258 g/mol. The number of hydrogen-bond acceptors (Lipinski definition) is 4. The van der Waals surface area contributed by atoms with Crippen molar-refractivity contribution in [3.63, 3.8) is 0 Å². The van der Waals surface area contributed by atoms with Crippen molar-refractivity contribution in [2.24, 2.45) is 0 Å². The third-order valence-corrected chi connectivity index (χ3v) is 3.35. The molecule has 4 nitrogen and oxygen atoms in total. The van der Waals surface area contributed by atoms with E-state index >= 15 is 0 Å². The van der Waals surface area contributed by atoms with Crippen LogP contribution >= 0.6 is 11.6 Å². The minimum atomic E-state index is -3.38. The molecule has 1 aromatic rings. The predicted molar refractivity (Wildman–Crippen MR) is 59.1 cm³/mol. The van der Waals surface area contributed by atoms with Gasteiger partial charge in [0.25, 0.3) is 0 Å². The number of benzene rings is 1. The van der Waals surface area contributed by atoms with Crippen molar-refractivity contribution in [3.05, 3.63) is 28.8 Å². The highest BCUT2D eigenvalue weighted by Crippen LogP contribution is 2.21. The first-order valence-corrected chi connectivity index (χ1v) is 6.53. The summed E-state index contributed by atoms with van der Waals surface area (Å²) < 4.78 is 22.5. The molecule has 0 unspecified atom stereocenters. The Morgan fingerprint density at radius 1 is 1.50 bits per heavy atom. The smallest absolute Gasteiger partial charge is 0.178 e. The largest absolute Gasteiger partial charge is 0.293 e. The van der Waals surface area contributed by atoms with Gasteiger partial charge >= 0.3 is 0 Å². The van der Waals surface area contributed by atoms with Crippen molar-refractivity contribution in [1.29, 1.82) is 5.26 Å². The molecule has 0 bridgehead atoms. The molecular formula is C10H8ClNO3S. The number of nitriles is 1. The molecule has 0 aliphatic heterocycles. The molecule has 0 heterocycles. The van der Waals surface area contributed by atoms with Gasteiger partial charge in [0.05, 0.1) is 22.4 Å². The summed E-state index contributed by atoms with van der Waals surface area (Å²) in [6.45, 7) is 0. The van der Waals surface area contributed by atoms with E-state index in [1.165, 1.54) is 18.2 Å². The number of rotatable bonds is 3. The lowest BCUT2D eigenvalue weighted by Gasteiger charge is -2.03. The van der Waals surface area contributed by atoms with Gasteiger partial charge in [-0.05, 0) is 18.2 Å². The Morgan fingerprint density at radius 2 is 2.12 bits per heavy atom. The molecule has 0 radical (unpaired) electrons. The van der Waals surface area contributed by atoms with E-state index < -0.39 is 15.6 Å². The molecule has 0 aromatic heterocycles. The monoisotopic (exact) mass is 257 g/mol. The summed E-state index contributed by atoms with van der Waals surface area (Å²) in [6.07, 6.45) is 0.710. The van der Waals surface area contributed by atoms with Gasteiger partial charge in [-0.1, -0.05) is 11.6 Å². The van der Waals surface area contributed by atoms with Gasteiger partial charge in [0.2, 0.25) is 0 Å². The summed E-state index contributed by atoms with van der Waals surface area (Å²) in [5.41, 5.74) is 0.0612. The maximum atomic E-state index is 11.4. The number of carbonyl (C=O) groups is 1. The first kappa shape index (κ1) is 12.7. The van der Waals surface area contributed by atoms with Crippen molar-refractivity contribution in [2.45, 2.75) is 11.3 Å². The van der Waals surface area contributed by atoms with Gasteiger partial charge in [-0.15, -0.1) is 0 Å². The Kier molecular flexibility index (Phi) is 3.68. The van der Waals surface area contributed by atoms with Gasteiger partial charge in [0.1, 0.15) is 0 Å². The predicted octanol–water partition coefficient (Wildman–Crippen LogP) is 1.84. The second-order valence-electron chi connectivity index (χ2n) is 3.17. The zero-order valence-corrected chi connectivity index (χ0v) is 9.97. The first-order chi connectivity index (χ1) is 7.36. The van der Waals surface area contributed by atoms with Crippen LogP contribution in [0, 0.1) is 11.3 Å². The SMILES string of the molecule is CS(=O)(=O)c1ccc(Cl)c(C(=O)CC#N)c1. The van der Waals surface area contributed by atoms with Crippen LogP contribution in [0.25, 0.3) is 0 Å². The van der Waals surface area contributed by atoms with Gasteiger partial charge < -0.3 is 0 Å². The highest BCUT2D eigenvalue weighted by molar-refractivity contribution is 7.90. The molecule has 0 atom stereocenters. The summed E-state index contributed by atoms with van der Waals surface area (Å²) in [5.74, 6) is -0.488. The highest BCUT2D eigenvalue weighted by Gasteiger charge is 2.14. The van der Waals surface area contributed by atoms with Crippen molar-refractivity contribution < 1.29 is 13.2 Å². The highest BCUT2D eigenvalue weighted by atomic mass is 35.5. The number of nitrogens with zero attached hydrogens (tertiary/aromatic N) is 1. The van der Waals surface area contributed by atoms with Crippen LogP contribution in [-0.2, 0) is 9.84 Å². The molecular weight excluding hydrogens is 250 g/mol. The van der Waals surface area contributed by atoms with E-state index in [2.05, 4.69) is 0 Å². The van der Waals surface area contributed by atoms with Gasteiger partial charge in [-0.2, -0.15) is 5.26 Å². The number of halogens is 1. The molecule has 0 N–H and O–H groups in total. The van der Waals surface area contributed by atoms with Crippen molar-refractivity contribution in [3.8, 4) is 6.07 Å². The summed E-state index contributed by atoms with van der Waals surface area (Å²) in [7, 11) is -3.38. The Bertz CT molecular complexity index is 572. The van der Waals surface area contributed by atoms with Crippen LogP contribution in [0.5, 0.6) is 0 Å². The van der Waals surface area contributed by atoms with Crippen LogP contribution in [0.4, 0.5) is 0 Å². The fraction of sp³-hybridized carbons (Fsp3) is 0.200. The molecule has 1 rings (SSSR count). The van der Waals surface area contributed by atoms with E-state index in [0.29, 0.717) is 0 Å². The quantitative estimate of drug-likeness (QED) is 0.775. The minimum absolute atomic E-state index is 0.0122. The van der Waals surface area contributed by atoms with Gasteiger partial charge in [0.15, 0.2) is 15.6 Å². The number of hydrogen-bond donors (Lipinski definition) is 0. The fourth-order valence-corrected chi connectivity index (χ4v) is 1.99. The lowest BCUT2D eigenvalue weighted by molar-refractivity contribution is 0.0997. The Hall–Kier alpha value is -1.38. The molecule has 0 spiro atoms. The second kappa shape index (κ2) is 4.64. The molecule has 0 saturated heterocycles. The lowest BCUT2D eigenvalue weighted by Crippen LogP contribution is -2.03. The van der Waals surface area contributed by atoms with E-state index in [9.17, 15) is 13.2 Å². The topological polar surface area (TPSA) is 75.0 Å². The third-order valence-electron chi connectivity index (χ3n) is 1.91. The van der Waals surface area contributed by atoms with E-state index in [1.54, 1.807) is 6.07 Å². The second-order valence-corrected chi connectivity index (χ2v) is 5.59. The van der Waals surface area contributed by atoms with Crippen molar-refractivity contribution >= 4 is 27.2 Å². The van der Waals surface area contributed by atoms with Crippen LogP contribution in [0.1, 0.15) is 16.8 Å². The molecule has 84 valence electrons. The van der Waals surface area contributed by atoms with Gasteiger partial charge in [-0.3, -0.25) is 4.79 Å². The van der Waals surface area contributed by atoms with Gasteiger partial charge in [0, 0.05) is 11.8 Å². The molecule has 0 aliphatic rings.